The summed E-state index contributed by atoms with van der Waals surface area (Å²) < 4.78 is 29.5. The van der Waals surface area contributed by atoms with Crippen LogP contribution in [0.1, 0.15) is 57.1 Å². The van der Waals surface area contributed by atoms with E-state index in [1.165, 1.54) is 12.8 Å². The maximum absolute atomic E-state index is 12.2. The first-order chi connectivity index (χ1) is 9.84. The molecule has 1 aromatic carbocycles. The molecule has 0 radical (unpaired) electrons. The Hall–Kier alpha value is -0.870. The highest BCUT2D eigenvalue weighted by Gasteiger charge is 2.18. The van der Waals surface area contributed by atoms with E-state index in [0.29, 0.717) is 4.90 Å². The van der Waals surface area contributed by atoms with Gasteiger partial charge in [-0.1, -0.05) is 51.7 Å². The van der Waals surface area contributed by atoms with Crippen molar-refractivity contribution in [2.24, 2.45) is 5.92 Å². The van der Waals surface area contributed by atoms with Crippen LogP contribution < -0.4 is 0 Å². The van der Waals surface area contributed by atoms with Crippen LogP contribution in [0.15, 0.2) is 23.1 Å². The number of benzene rings is 1. The van der Waals surface area contributed by atoms with Crippen molar-refractivity contribution in [1.29, 1.82) is 0 Å². The fourth-order valence-corrected chi connectivity index (χ4v) is 3.48. The molecule has 0 unspecified atom stereocenters. The Labute approximate surface area is 129 Å². The van der Waals surface area contributed by atoms with Gasteiger partial charge in [0, 0.05) is 0 Å². The van der Waals surface area contributed by atoms with E-state index in [1.807, 2.05) is 19.9 Å². The van der Waals surface area contributed by atoms with E-state index in [0.717, 1.165) is 36.3 Å². The molecule has 0 amide bonds. The SMILES string of the molecule is Cc1cccc(S(=O)(=O)OCCCCCCC(C)C)c1C. The lowest BCUT2D eigenvalue weighted by atomic mass is 10.0. The zero-order chi connectivity index (χ0) is 15.9. The normalized spacial score (nSPS) is 12.0. The minimum atomic E-state index is -3.62. The lowest BCUT2D eigenvalue weighted by Gasteiger charge is -2.10. The lowest BCUT2D eigenvalue weighted by Crippen LogP contribution is -2.09. The van der Waals surface area contributed by atoms with Crippen LogP contribution in [0.5, 0.6) is 0 Å². The molecule has 0 aliphatic heterocycles. The molecule has 0 atom stereocenters. The maximum Gasteiger partial charge on any atom is 0.297 e. The van der Waals surface area contributed by atoms with E-state index < -0.39 is 10.1 Å². The van der Waals surface area contributed by atoms with Gasteiger partial charge in [-0.2, -0.15) is 8.42 Å². The van der Waals surface area contributed by atoms with Crippen molar-refractivity contribution in [3.8, 4) is 0 Å². The predicted molar refractivity (Wildman–Crippen MR) is 87.0 cm³/mol. The molecule has 21 heavy (non-hydrogen) atoms. The predicted octanol–water partition coefficient (Wildman–Crippen LogP) is 4.62. The molecule has 0 spiro atoms. The summed E-state index contributed by atoms with van der Waals surface area (Å²) >= 11 is 0. The zero-order valence-corrected chi connectivity index (χ0v) is 14.5. The van der Waals surface area contributed by atoms with Crippen LogP contribution in [0.4, 0.5) is 0 Å². The molecule has 1 rings (SSSR count). The fourth-order valence-electron chi connectivity index (χ4n) is 2.24. The van der Waals surface area contributed by atoms with E-state index >= 15 is 0 Å². The summed E-state index contributed by atoms with van der Waals surface area (Å²) in [7, 11) is -3.62. The van der Waals surface area contributed by atoms with Crippen molar-refractivity contribution in [3.63, 3.8) is 0 Å². The van der Waals surface area contributed by atoms with Gasteiger partial charge in [-0.3, -0.25) is 4.18 Å². The Morgan fingerprint density at radius 3 is 2.38 bits per heavy atom. The summed E-state index contributed by atoms with van der Waals surface area (Å²) in [6.07, 6.45) is 5.41. The topological polar surface area (TPSA) is 43.4 Å². The molecule has 120 valence electrons. The van der Waals surface area contributed by atoms with Crippen LogP contribution in [0, 0.1) is 19.8 Å². The first kappa shape index (κ1) is 18.2. The molecule has 0 saturated carbocycles. The van der Waals surface area contributed by atoms with Gasteiger partial charge in [0.05, 0.1) is 11.5 Å². The Balaban J connectivity index is 2.39. The Morgan fingerprint density at radius 1 is 1.05 bits per heavy atom. The van der Waals surface area contributed by atoms with Gasteiger partial charge in [0.25, 0.3) is 10.1 Å². The number of aryl methyl sites for hydroxylation is 1. The molecule has 3 nitrogen and oxygen atoms in total. The van der Waals surface area contributed by atoms with E-state index in [9.17, 15) is 8.42 Å². The second-order valence-corrected chi connectivity index (χ2v) is 7.65. The summed E-state index contributed by atoms with van der Waals surface area (Å²) in [5, 5.41) is 0. The van der Waals surface area contributed by atoms with Crippen LogP contribution >= 0.6 is 0 Å². The smallest absolute Gasteiger partial charge is 0.266 e. The Morgan fingerprint density at radius 2 is 1.71 bits per heavy atom. The summed E-state index contributed by atoms with van der Waals surface area (Å²) in [6.45, 7) is 8.44. The van der Waals surface area contributed by atoms with Gasteiger partial charge in [0.2, 0.25) is 0 Å². The molecule has 0 aliphatic rings. The molecular formula is C17H28O3S. The molecule has 0 fully saturated rings. The molecular weight excluding hydrogens is 284 g/mol. The van der Waals surface area contributed by atoms with E-state index in [1.54, 1.807) is 12.1 Å². The zero-order valence-electron chi connectivity index (χ0n) is 13.7. The number of hydrogen-bond donors (Lipinski definition) is 0. The molecule has 0 aliphatic carbocycles. The van der Waals surface area contributed by atoms with Gasteiger partial charge in [0.15, 0.2) is 0 Å². The average molecular weight is 312 g/mol. The average Bonchev–Trinajstić information content (AvgIpc) is 2.40. The molecule has 4 heteroatoms. The van der Waals surface area contributed by atoms with Crippen molar-refractivity contribution in [2.45, 2.75) is 64.7 Å². The molecule has 0 aromatic heterocycles. The van der Waals surface area contributed by atoms with E-state index in [4.69, 9.17) is 4.18 Å². The molecule has 1 aromatic rings. The number of hydrogen-bond acceptors (Lipinski definition) is 3. The van der Waals surface area contributed by atoms with Gasteiger partial charge >= 0.3 is 0 Å². The first-order valence-corrected chi connectivity index (χ1v) is 9.21. The van der Waals surface area contributed by atoms with Gasteiger partial charge < -0.3 is 0 Å². The third-order valence-electron chi connectivity index (χ3n) is 3.74. The first-order valence-electron chi connectivity index (χ1n) is 7.80. The monoisotopic (exact) mass is 312 g/mol. The van der Waals surface area contributed by atoms with Crippen LogP contribution in [0.3, 0.4) is 0 Å². The highest BCUT2D eigenvalue weighted by molar-refractivity contribution is 7.86. The van der Waals surface area contributed by atoms with Crippen molar-refractivity contribution in [1.82, 2.24) is 0 Å². The molecule has 0 saturated heterocycles. The highest BCUT2D eigenvalue weighted by Crippen LogP contribution is 2.20. The molecule has 0 N–H and O–H groups in total. The van der Waals surface area contributed by atoms with Gasteiger partial charge in [-0.25, -0.2) is 0 Å². The summed E-state index contributed by atoms with van der Waals surface area (Å²) in [5.74, 6) is 0.742. The largest absolute Gasteiger partial charge is 0.297 e. The van der Waals surface area contributed by atoms with E-state index in [2.05, 4.69) is 13.8 Å². The van der Waals surface area contributed by atoms with Crippen molar-refractivity contribution >= 4 is 10.1 Å². The number of rotatable bonds is 9. The van der Waals surface area contributed by atoms with Crippen molar-refractivity contribution in [2.75, 3.05) is 6.61 Å². The fraction of sp³-hybridized carbons (Fsp3) is 0.647. The standard InChI is InChI=1S/C17H28O3S/c1-14(2)10-7-5-6-8-13-20-21(18,19)17-12-9-11-15(3)16(17)4/h9,11-12,14H,5-8,10,13H2,1-4H3. The van der Waals surface area contributed by atoms with Crippen LogP contribution in [0.25, 0.3) is 0 Å². The van der Waals surface area contributed by atoms with Crippen LogP contribution in [-0.2, 0) is 14.3 Å². The van der Waals surface area contributed by atoms with Crippen molar-refractivity contribution in [3.05, 3.63) is 29.3 Å². The molecule has 0 bridgehead atoms. The summed E-state index contributed by atoms with van der Waals surface area (Å²) in [6, 6.07) is 5.27. The third-order valence-corrected chi connectivity index (χ3v) is 5.20. The second-order valence-electron chi connectivity index (χ2n) is 6.07. The maximum atomic E-state index is 12.2. The quantitative estimate of drug-likeness (QED) is 0.494. The number of unbranched alkanes of at least 4 members (excludes halogenated alkanes) is 3. The Kier molecular flexibility index (Phi) is 7.40. The van der Waals surface area contributed by atoms with Gasteiger partial charge in [0.1, 0.15) is 0 Å². The summed E-state index contributed by atoms with van der Waals surface area (Å²) in [5.41, 5.74) is 1.74. The van der Waals surface area contributed by atoms with Crippen molar-refractivity contribution < 1.29 is 12.6 Å². The minimum Gasteiger partial charge on any atom is -0.266 e. The van der Waals surface area contributed by atoms with Gasteiger partial charge in [-0.15, -0.1) is 0 Å². The second kappa shape index (κ2) is 8.54. The van der Waals surface area contributed by atoms with Crippen LogP contribution in [-0.4, -0.2) is 15.0 Å². The summed E-state index contributed by atoms with van der Waals surface area (Å²) in [4.78, 5) is 0.294. The third kappa shape index (κ3) is 6.18. The van der Waals surface area contributed by atoms with E-state index in [-0.39, 0.29) is 6.61 Å². The Bertz CT molecular complexity index is 533. The highest BCUT2D eigenvalue weighted by atomic mass is 32.2. The van der Waals surface area contributed by atoms with Gasteiger partial charge in [-0.05, 0) is 43.4 Å². The minimum absolute atomic E-state index is 0.275. The van der Waals surface area contributed by atoms with Crippen LogP contribution in [0.2, 0.25) is 0 Å². The lowest BCUT2D eigenvalue weighted by molar-refractivity contribution is 0.305. The molecule has 0 heterocycles.